The Balaban J connectivity index is 2.21. The minimum Gasteiger partial charge on any atom is -0.497 e. The van der Waals surface area contributed by atoms with E-state index in [9.17, 15) is 0 Å². The lowest BCUT2D eigenvalue weighted by molar-refractivity contribution is 0.414. The third-order valence-corrected chi connectivity index (χ3v) is 3.94. The van der Waals surface area contributed by atoms with Gasteiger partial charge in [0.15, 0.2) is 0 Å². The van der Waals surface area contributed by atoms with Crippen molar-refractivity contribution in [3.63, 3.8) is 0 Å². The highest BCUT2D eigenvalue weighted by molar-refractivity contribution is 9.10. The minimum atomic E-state index is 0.0853. The second-order valence-corrected chi connectivity index (χ2v) is 5.69. The molecule has 2 aromatic carbocycles. The van der Waals surface area contributed by atoms with E-state index in [2.05, 4.69) is 46.5 Å². The summed E-state index contributed by atoms with van der Waals surface area (Å²) in [7, 11) is 1.68. The number of aryl methyl sites for hydroxylation is 1. The molecule has 0 aromatic heterocycles. The zero-order chi connectivity index (χ0) is 14.5. The predicted molar refractivity (Wildman–Crippen MR) is 85.6 cm³/mol. The number of hydrazine groups is 1. The fourth-order valence-corrected chi connectivity index (χ4v) is 2.55. The first-order valence-corrected chi connectivity index (χ1v) is 7.28. The molecule has 0 fully saturated rings. The van der Waals surface area contributed by atoms with Crippen molar-refractivity contribution in [2.45, 2.75) is 19.4 Å². The molecule has 2 rings (SSSR count). The lowest BCUT2D eigenvalue weighted by atomic mass is 9.95. The molecule has 4 heteroatoms. The maximum atomic E-state index is 5.73. The van der Waals surface area contributed by atoms with Crippen LogP contribution in [-0.2, 0) is 6.42 Å². The number of nitrogens with two attached hydrogens (primary N) is 1. The number of benzene rings is 2. The summed E-state index contributed by atoms with van der Waals surface area (Å²) in [6, 6.07) is 14.4. The van der Waals surface area contributed by atoms with Crippen LogP contribution in [0.25, 0.3) is 0 Å². The first-order valence-electron chi connectivity index (χ1n) is 6.49. The smallest absolute Gasteiger partial charge is 0.119 e. The van der Waals surface area contributed by atoms with E-state index >= 15 is 0 Å². The molecule has 2 aromatic rings. The topological polar surface area (TPSA) is 47.3 Å². The van der Waals surface area contributed by atoms with Crippen LogP contribution in [0.5, 0.6) is 5.75 Å². The van der Waals surface area contributed by atoms with Gasteiger partial charge in [-0.25, -0.2) is 0 Å². The van der Waals surface area contributed by atoms with Crippen LogP contribution in [0, 0.1) is 6.92 Å². The van der Waals surface area contributed by atoms with Crippen LogP contribution in [0.15, 0.2) is 46.9 Å². The van der Waals surface area contributed by atoms with Gasteiger partial charge in [0, 0.05) is 4.47 Å². The van der Waals surface area contributed by atoms with Gasteiger partial charge < -0.3 is 4.74 Å². The van der Waals surface area contributed by atoms with Crippen molar-refractivity contribution < 1.29 is 4.74 Å². The number of ether oxygens (including phenoxy) is 1. The monoisotopic (exact) mass is 334 g/mol. The molecule has 0 saturated carbocycles. The Morgan fingerprint density at radius 3 is 2.45 bits per heavy atom. The molecular formula is C16H19BrN2O. The summed E-state index contributed by atoms with van der Waals surface area (Å²) in [6.07, 6.45) is 0.844. The van der Waals surface area contributed by atoms with Crippen LogP contribution < -0.4 is 16.0 Å². The summed E-state index contributed by atoms with van der Waals surface area (Å²) >= 11 is 3.45. The third-order valence-electron chi connectivity index (χ3n) is 3.41. The lowest BCUT2D eigenvalue weighted by Gasteiger charge is -2.19. The molecule has 20 heavy (non-hydrogen) atoms. The van der Waals surface area contributed by atoms with Crippen LogP contribution in [0.4, 0.5) is 0 Å². The average molecular weight is 335 g/mol. The van der Waals surface area contributed by atoms with E-state index in [-0.39, 0.29) is 6.04 Å². The lowest BCUT2D eigenvalue weighted by Crippen LogP contribution is -2.30. The van der Waals surface area contributed by atoms with E-state index in [0.29, 0.717) is 0 Å². The number of methoxy groups -OCH3 is 1. The van der Waals surface area contributed by atoms with Crippen molar-refractivity contribution in [2.24, 2.45) is 5.84 Å². The molecular weight excluding hydrogens is 316 g/mol. The largest absolute Gasteiger partial charge is 0.497 e. The van der Waals surface area contributed by atoms with Crippen molar-refractivity contribution >= 4 is 15.9 Å². The molecule has 0 aliphatic rings. The van der Waals surface area contributed by atoms with Gasteiger partial charge >= 0.3 is 0 Å². The quantitative estimate of drug-likeness (QED) is 0.649. The Hall–Kier alpha value is -1.36. The normalized spacial score (nSPS) is 12.2. The van der Waals surface area contributed by atoms with E-state index in [1.807, 2.05) is 24.3 Å². The average Bonchev–Trinajstić information content (AvgIpc) is 2.47. The standard InChI is InChI=1S/C16H19BrN2O/c1-11-9-14(20-2)7-8-15(11)16(19-18)10-12-3-5-13(17)6-4-12/h3-9,16,19H,10,18H2,1-2H3. The molecule has 3 nitrogen and oxygen atoms in total. The van der Waals surface area contributed by atoms with Crippen LogP contribution in [0.3, 0.4) is 0 Å². The summed E-state index contributed by atoms with van der Waals surface area (Å²) < 4.78 is 6.32. The van der Waals surface area contributed by atoms with Gasteiger partial charge in [0.1, 0.15) is 5.75 Å². The van der Waals surface area contributed by atoms with Crippen molar-refractivity contribution in [3.8, 4) is 5.75 Å². The molecule has 0 saturated heterocycles. The molecule has 0 bridgehead atoms. The zero-order valence-corrected chi connectivity index (χ0v) is 13.3. The van der Waals surface area contributed by atoms with Gasteiger partial charge in [0.25, 0.3) is 0 Å². The van der Waals surface area contributed by atoms with Gasteiger partial charge in [-0.2, -0.15) is 0 Å². The number of halogens is 1. The van der Waals surface area contributed by atoms with E-state index in [1.54, 1.807) is 7.11 Å². The fraction of sp³-hybridized carbons (Fsp3) is 0.250. The predicted octanol–water partition coefficient (Wildman–Crippen LogP) is 3.51. The molecule has 0 aliphatic heterocycles. The van der Waals surface area contributed by atoms with Gasteiger partial charge in [0.05, 0.1) is 13.2 Å². The minimum absolute atomic E-state index is 0.0853. The van der Waals surface area contributed by atoms with E-state index < -0.39 is 0 Å². The highest BCUT2D eigenvalue weighted by Gasteiger charge is 2.13. The molecule has 3 N–H and O–H groups in total. The second-order valence-electron chi connectivity index (χ2n) is 4.77. The maximum Gasteiger partial charge on any atom is 0.119 e. The van der Waals surface area contributed by atoms with E-state index in [1.165, 1.54) is 16.7 Å². The van der Waals surface area contributed by atoms with Crippen LogP contribution in [0.1, 0.15) is 22.7 Å². The van der Waals surface area contributed by atoms with E-state index in [0.717, 1.165) is 16.6 Å². The second kappa shape index (κ2) is 6.88. The highest BCUT2D eigenvalue weighted by atomic mass is 79.9. The summed E-state index contributed by atoms with van der Waals surface area (Å²) in [5.41, 5.74) is 6.51. The van der Waals surface area contributed by atoms with Crippen molar-refractivity contribution in [2.75, 3.05) is 7.11 Å². The van der Waals surface area contributed by atoms with Crippen LogP contribution in [-0.4, -0.2) is 7.11 Å². The number of hydrogen-bond donors (Lipinski definition) is 2. The SMILES string of the molecule is COc1ccc(C(Cc2ccc(Br)cc2)NN)c(C)c1. The maximum absolute atomic E-state index is 5.73. The molecule has 0 amide bonds. The van der Waals surface area contributed by atoms with Gasteiger partial charge in [0.2, 0.25) is 0 Å². The summed E-state index contributed by atoms with van der Waals surface area (Å²) in [5, 5.41) is 0. The Morgan fingerprint density at radius 2 is 1.90 bits per heavy atom. The Bertz CT molecular complexity index is 569. The molecule has 0 aliphatic carbocycles. The Morgan fingerprint density at radius 1 is 1.20 bits per heavy atom. The highest BCUT2D eigenvalue weighted by Crippen LogP contribution is 2.25. The molecule has 1 unspecified atom stereocenters. The van der Waals surface area contributed by atoms with Gasteiger partial charge in [-0.1, -0.05) is 34.1 Å². The van der Waals surface area contributed by atoms with Crippen molar-refractivity contribution in [1.29, 1.82) is 0 Å². The number of rotatable bonds is 5. The Labute approximate surface area is 128 Å². The molecule has 0 radical (unpaired) electrons. The molecule has 106 valence electrons. The van der Waals surface area contributed by atoms with Gasteiger partial charge in [-0.15, -0.1) is 0 Å². The summed E-state index contributed by atoms with van der Waals surface area (Å²) in [4.78, 5) is 0. The molecule has 0 heterocycles. The van der Waals surface area contributed by atoms with Crippen molar-refractivity contribution in [1.82, 2.24) is 5.43 Å². The third kappa shape index (κ3) is 3.60. The summed E-state index contributed by atoms with van der Waals surface area (Å²) in [5.74, 6) is 6.60. The van der Waals surface area contributed by atoms with Crippen molar-refractivity contribution in [3.05, 3.63) is 63.6 Å². The molecule has 1 atom stereocenters. The number of nitrogens with one attached hydrogen (secondary N) is 1. The fourth-order valence-electron chi connectivity index (χ4n) is 2.28. The Kier molecular flexibility index (Phi) is 5.17. The van der Waals surface area contributed by atoms with E-state index in [4.69, 9.17) is 10.6 Å². The number of hydrogen-bond acceptors (Lipinski definition) is 3. The zero-order valence-electron chi connectivity index (χ0n) is 11.7. The first kappa shape index (κ1) is 15.0. The molecule has 0 spiro atoms. The van der Waals surface area contributed by atoms with Crippen LogP contribution in [0.2, 0.25) is 0 Å². The van der Waals surface area contributed by atoms with Gasteiger partial charge in [-0.3, -0.25) is 11.3 Å². The van der Waals surface area contributed by atoms with Crippen LogP contribution >= 0.6 is 15.9 Å². The first-order chi connectivity index (χ1) is 9.63. The summed E-state index contributed by atoms with van der Waals surface area (Å²) in [6.45, 7) is 2.07. The van der Waals surface area contributed by atoms with Gasteiger partial charge in [-0.05, 0) is 54.3 Å².